The van der Waals surface area contributed by atoms with Crippen molar-refractivity contribution in [3.8, 4) is 0 Å². The molecule has 2 saturated heterocycles. The van der Waals surface area contributed by atoms with Crippen molar-refractivity contribution in [2.45, 2.75) is 70.7 Å². The van der Waals surface area contributed by atoms with Gasteiger partial charge in [-0.3, -0.25) is 0 Å². The van der Waals surface area contributed by atoms with Crippen LogP contribution < -0.4 is 5.73 Å². The van der Waals surface area contributed by atoms with Crippen molar-refractivity contribution in [3.63, 3.8) is 0 Å². The fraction of sp³-hybridized carbons (Fsp3) is 0.556. The van der Waals surface area contributed by atoms with Crippen LogP contribution in [0.5, 0.6) is 0 Å². The molecule has 0 aliphatic carbocycles. The predicted octanol–water partition coefficient (Wildman–Crippen LogP) is 4.70. The Balaban J connectivity index is 1.56. The van der Waals surface area contributed by atoms with Crippen LogP contribution in [0.1, 0.15) is 73.7 Å². The summed E-state index contributed by atoms with van der Waals surface area (Å²) >= 11 is 0. The molecule has 5 heteroatoms. The summed E-state index contributed by atoms with van der Waals surface area (Å²) in [7, 11) is 0. The number of ether oxygens (including phenoxy) is 2. The second-order valence-corrected chi connectivity index (χ2v) is 9.34. The van der Waals surface area contributed by atoms with E-state index in [1.165, 1.54) is 32.1 Å². The molecular formula is C27H38N2O3. The van der Waals surface area contributed by atoms with Crippen LogP contribution in [0, 0.1) is 5.92 Å². The summed E-state index contributed by atoms with van der Waals surface area (Å²) in [6.45, 7) is 6.07. The molecule has 0 saturated carbocycles. The summed E-state index contributed by atoms with van der Waals surface area (Å²) in [6, 6.07) is 16.4. The molecule has 174 valence electrons. The van der Waals surface area contributed by atoms with Gasteiger partial charge in [0.25, 0.3) is 0 Å². The molecule has 5 nitrogen and oxygen atoms in total. The first-order valence-electron chi connectivity index (χ1n) is 12.2. The van der Waals surface area contributed by atoms with E-state index in [9.17, 15) is 5.11 Å². The van der Waals surface area contributed by atoms with Gasteiger partial charge < -0.3 is 25.2 Å². The van der Waals surface area contributed by atoms with Crippen molar-refractivity contribution >= 4 is 0 Å². The number of nitrogens with two attached hydrogens (primary N) is 1. The molecule has 2 fully saturated rings. The SMILES string of the molecule is C[C@H]1[C@@H](CN2CCCCCCC2)O[C@@H](c2ccc(CN)cc2)O[C@H]1c1ccc(CO)cc1. The number of likely N-dealkylation sites (tertiary alicyclic amines) is 1. The van der Waals surface area contributed by atoms with E-state index in [4.69, 9.17) is 15.2 Å². The number of hydrogen-bond acceptors (Lipinski definition) is 5. The molecule has 4 rings (SSSR count). The van der Waals surface area contributed by atoms with Crippen LogP contribution in [0.25, 0.3) is 0 Å². The molecule has 2 aromatic carbocycles. The van der Waals surface area contributed by atoms with Gasteiger partial charge in [0, 0.05) is 24.6 Å². The lowest BCUT2D eigenvalue weighted by Crippen LogP contribution is -2.45. The summed E-state index contributed by atoms with van der Waals surface area (Å²) in [6.07, 6.45) is 6.19. The highest BCUT2D eigenvalue weighted by Crippen LogP contribution is 2.42. The molecule has 0 unspecified atom stereocenters. The van der Waals surface area contributed by atoms with Crippen molar-refractivity contribution in [2.24, 2.45) is 11.7 Å². The lowest BCUT2D eigenvalue weighted by atomic mass is 9.89. The molecule has 2 aliphatic heterocycles. The minimum absolute atomic E-state index is 0.0537. The molecule has 0 amide bonds. The standard InChI is InChI=1S/C27H38N2O3/c1-20-25(18-29-15-5-3-2-4-6-16-29)31-27(24-13-7-21(17-28)8-14-24)32-26(20)23-11-9-22(19-30)10-12-23/h7-14,20,25-27,30H,2-6,15-19,28H2,1H3/t20-,25+,26+,27+/m0/s1. The Hall–Kier alpha value is -1.76. The number of benzene rings is 2. The topological polar surface area (TPSA) is 68.0 Å². The molecule has 3 N–H and O–H groups in total. The lowest BCUT2D eigenvalue weighted by Gasteiger charge is -2.43. The van der Waals surface area contributed by atoms with Crippen molar-refractivity contribution in [2.75, 3.05) is 19.6 Å². The highest BCUT2D eigenvalue weighted by molar-refractivity contribution is 5.27. The fourth-order valence-corrected chi connectivity index (χ4v) is 4.89. The Kier molecular flexibility index (Phi) is 8.33. The van der Waals surface area contributed by atoms with Gasteiger partial charge in [0.1, 0.15) is 0 Å². The van der Waals surface area contributed by atoms with Gasteiger partial charge in [-0.1, -0.05) is 74.7 Å². The maximum absolute atomic E-state index is 9.43. The van der Waals surface area contributed by atoms with Crippen molar-refractivity contribution in [1.82, 2.24) is 4.90 Å². The minimum atomic E-state index is -0.403. The van der Waals surface area contributed by atoms with Crippen LogP contribution in [-0.4, -0.2) is 35.7 Å². The zero-order valence-electron chi connectivity index (χ0n) is 19.3. The third-order valence-electron chi connectivity index (χ3n) is 7.00. The summed E-state index contributed by atoms with van der Waals surface area (Å²) in [5.41, 5.74) is 9.97. The Labute approximate surface area is 192 Å². The summed E-state index contributed by atoms with van der Waals surface area (Å²) < 4.78 is 13.1. The zero-order chi connectivity index (χ0) is 22.3. The highest BCUT2D eigenvalue weighted by atomic mass is 16.7. The van der Waals surface area contributed by atoms with Crippen LogP contribution in [0.4, 0.5) is 0 Å². The van der Waals surface area contributed by atoms with E-state index in [2.05, 4.69) is 48.2 Å². The predicted molar refractivity (Wildman–Crippen MR) is 127 cm³/mol. The second kappa shape index (κ2) is 11.4. The lowest BCUT2D eigenvalue weighted by molar-refractivity contribution is -0.276. The van der Waals surface area contributed by atoms with Crippen molar-refractivity contribution < 1.29 is 14.6 Å². The van der Waals surface area contributed by atoms with Crippen LogP contribution >= 0.6 is 0 Å². The fourth-order valence-electron chi connectivity index (χ4n) is 4.89. The van der Waals surface area contributed by atoms with E-state index in [0.29, 0.717) is 6.54 Å². The van der Waals surface area contributed by atoms with E-state index in [0.717, 1.165) is 41.9 Å². The van der Waals surface area contributed by atoms with Crippen molar-refractivity contribution in [1.29, 1.82) is 0 Å². The van der Waals surface area contributed by atoms with Crippen LogP contribution in [0.3, 0.4) is 0 Å². The van der Waals surface area contributed by atoms with E-state index in [1.54, 1.807) is 0 Å². The Morgan fingerprint density at radius 3 is 2.06 bits per heavy atom. The summed E-state index contributed by atoms with van der Waals surface area (Å²) in [5, 5.41) is 9.43. The third-order valence-corrected chi connectivity index (χ3v) is 7.00. The van der Waals surface area contributed by atoms with Gasteiger partial charge in [-0.05, 0) is 42.6 Å². The van der Waals surface area contributed by atoms with Gasteiger partial charge in [-0.15, -0.1) is 0 Å². The Bertz CT molecular complexity index is 816. The van der Waals surface area contributed by atoms with Gasteiger partial charge >= 0.3 is 0 Å². The maximum atomic E-state index is 9.43. The number of aliphatic hydroxyl groups excluding tert-OH is 1. The smallest absolute Gasteiger partial charge is 0.184 e. The summed E-state index contributed by atoms with van der Waals surface area (Å²) in [4.78, 5) is 2.59. The average Bonchev–Trinajstić information content (AvgIpc) is 2.82. The van der Waals surface area contributed by atoms with Crippen molar-refractivity contribution in [3.05, 3.63) is 70.8 Å². The first-order valence-corrected chi connectivity index (χ1v) is 12.2. The monoisotopic (exact) mass is 438 g/mol. The molecule has 4 atom stereocenters. The van der Waals surface area contributed by atoms with Crippen LogP contribution in [0.15, 0.2) is 48.5 Å². The normalized spacial score (nSPS) is 27.6. The molecule has 0 aromatic heterocycles. The highest BCUT2D eigenvalue weighted by Gasteiger charge is 2.39. The minimum Gasteiger partial charge on any atom is -0.392 e. The number of hydrogen-bond donors (Lipinski definition) is 2. The van der Waals surface area contributed by atoms with Gasteiger partial charge in [-0.2, -0.15) is 0 Å². The third kappa shape index (κ3) is 5.77. The van der Waals surface area contributed by atoms with Gasteiger partial charge in [0.15, 0.2) is 6.29 Å². The molecule has 0 spiro atoms. The van der Waals surface area contributed by atoms with Crippen LogP contribution in [0.2, 0.25) is 0 Å². The second-order valence-electron chi connectivity index (χ2n) is 9.34. The average molecular weight is 439 g/mol. The zero-order valence-corrected chi connectivity index (χ0v) is 19.3. The van der Waals surface area contributed by atoms with E-state index in [-0.39, 0.29) is 24.7 Å². The van der Waals surface area contributed by atoms with Gasteiger partial charge in [-0.25, -0.2) is 0 Å². The van der Waals surface area contributed by atoms with Crippen LogP contribution in [-0.2, 0) is 22.6 Å². The number of nitrogens with zero attached hydrogens (tertiary/aromatic N) is 1. The molecule has 2 heterocycles. The van der Waals surface area contributed by atoms with E-state index >= 15 is 0 Å². The van der Waals surface area contributed by atoms with Gasteiger partial charge in [0.05, 0.1) is 18.8 Å². The molecule has 2 aromatic rings. The Morgan fingerprint density at radius 2 is 1.44 bits per heavy atom. The van der Waals surface area contributed by atoms with E-state index in [1.807, 2.05) is 12.1 Å². The number of rotatable bonds is 6. The molecular weight excluding hydrogens is 400 g/mol. The molecule has 32 heavy (non-hydrogen) atoms. The van der Waals surface area contributed by atoms with E-state index < -0.39 is 6.29 Å². The maximum Gasteiger partial charge on any atom is 0.184 e. The summed E-state index contributed by atoms with van der Waals surface area (Å²) in [5.74, 6) is 0.222. The Morgan fingerprint density at radius 1 is 0.844 bits per heavy atom. The first kappa shape index (κ1) is 23.4. The van der Waals surface area contributed by atoms with Gasteiger partial charge in [0.2, 0.25) is 0 Å². The molecule has 0 bridgehead atoms. The molecule has 2 aliphatic rings. The molecule has 0 radical (unpaired) electrons. The quantitative estimate of drug-likeness (QED) is 0.685. The number of aliphatic hydroxyl groups is 1. The largest absolute Gasteiger partial charge is 0.392 e. The first-order chi connectivity index (χ1) is 15.7.